The molecule has 252 valence electrons. The lowest BCUT2D eigenvalue weighted by molar-refractivity contribution is -0.383. The molecule has 0 amide bonds. The van der Waals surface area contributed by atoms with Crippen molar-refractivity contribution in [2.45, 2.75) is 45.7 Å². The summed E-state index contributed by atoms with van der Waals surface area (Å²) in [5.74, 6) is -2.16. The van der Waals surface area contributed by atoms with Crippen LogP contribution in [0, 0.1) is 30.9 Å². The van der Waals surface area contributed by atoms with E-state index in [1.54, 1.807) is 13.0 Å². The normalized spacial score (nSPS) is 12.2. The summed E-state index contributed by atoms with van der Waals surface area (Å²) in [5, 5.41) is 33.0. The van der Waals surface area contributed by atoms with E-state index in [-0.39, 0.29) is 12.1 Å². The molecule has 2 atom stereocenters. The fourth-order valence-corrected chi connectivity index (χ4v) is 6.01. The molecule has 0 radical (unpaired) electrons. The number of para-hydroxylation sites is 2. The molecule has 48 heavy (non-hydrogen) atoms. The Labute approximate surface area is 289 Å². The van der Waals surface area contributed by atoms with Gasteiger partial charge < -0.3 is 36.6 Å². The van der Waals surface area contributed by atoms with Crippen molar-refractivity contribution in [3.8, 4) is 0 Å². The predicted molar refractivity (Wildman–Crippen MR) is 189 cm³/mol. The highest BCUT2D eigenvalue weighted by Gasteiger charge is 2.24. The van der Waals surface area contributed by atoms with Gasteiger partial charge in [0.2, 0.25) is 0 Å². The summed E-state index contributed by atoms with van der Waals surface area (Å²) in [6.45, 7) is 5.61. The van der Waals surface area contributed by atoms with E-state index in [0.29, 0.717) is 38.6 Å². The smallest absolute Gasteiger partial charge is 0.320 e. The number of nitrogens with zero attached hydrogens (tertiary/aromatic N) is 1. The van der Waals surface area contributed by atoms with E-state index in [2.05, 4.69) is 21.0 Å². The van der Waals surface area contributed by atoms with Crippen LogP contribution in [-0.4, -0.2) is 54.1 Å². The van der Waals surface area contributed by atoms with E-state index in [0.717, 1.165) is 38.4 Å². The quantitative estimate of drug-likeness (QED) is 0.0660. The second-order valence-electron chi connectivity index (χ2n) is 11.1. The number of carboxylic acids is 2. The highest BCUT2D eigenvalue weighted by molar-refractivity contribution is 6.36. The molecule has 3 aromatic heterocycles. The molecular formula is C33H33Cl3N6O6. The van der Waals surface area contributed by atoms with Crippen molar-refractivity contribution in [2.75, 3.05) is 0 Å². The second kappa shape index (κ2) is 15.1. The number of rotatable bonds is 7. The van der Waals surface area contributed by atoms with Gasteiger partial charge in [-0.3, -0.25) is 19.7 Å². The van der Waals surface area contributed by atoms with Crippen LogP contribution in [0.5, 0.6) is 0 Å². The molecule has 9 N–H and O–H groups in total. The van der Waals surface area contributed by atoms with Crippen molar-refractivity contribution >= 4 is 85.1 Å². The number of carbonyl (C=O) groups is 2. The maximum atomic E-state index is 11.1. The fraction of sp³-hybridized carbons (Fsp3) is 0.212. The number of benzene rings is 3. The Morgan fingerprint density at radius 1 is 0.771 bits per heavy atom. The zero-order valence-electron chi connectivity index (χ0n) is 26.0. The summed E-state index contributed by atoms with van der Waals surface area (Å²) < 4.78 is 0. The Bertz CT molecular complexity index is 2150. The predicted octanol–water partition coefficient (Wildman–Crippen LogP) is 7.21. The van der Waals surface area contributed by atoms with Gasteiger partial charge >= 0.3 is 11.9 Å². The number of aromatic nitrogens is 3. The van der Waals surface area contributed by atoms with Gasteiger partial charge in [-0.25, -0.2) is 0 Å². The molecule has 2 unspecified atom stereocenters. The van der Waals surface area contributed by atoms with Crippen molar-refractivity contribution in [3.63, 3.8) is 0 Å². The minimum atomic E-state index is -1.16. The monoisotopic (exact) mass is 714 g/mol. The number of aryl methyl sites for hydroxylation is 3. The minimum absolute atomic E-state index is 0.0116. The van der Waals surface area contributed by atoms with E-state index in [1.165, 1.54) is 17.5 Å². The molecule has 6 rings (SSSR count). The third-order valence-electron chi connectivity index (χ3n) is 7.72. The number of nitro groups is 1. The third-order valence-corrected chi connectivity index (χ3v) is 8.67. The minimum Gasteiger partial charge on any atom is -0.480 e. The topological polar surface area (TPSA) is 217 Å². The molecule has 0 aliphatic carbocycles. The first-order valence-electron chi connectivity index (χ1n) is 14.5. The summed E-state index contributed by atoms with van der Waals surface area (Å²) in [6.07, 6.45) is 0.282. The molecule has 0 saturated carbocycles. The number of non-ortho nitro benzene ring substituents is 1. The third kappa shape index (κ3) is 7.92. The van der Waals surface area contributed by atoms with Crippen LogP contribution in [0.2, 0.25) is 15.1 Å². The highest BCUT2D eigenvalue weighted by Crippen LogP contribution is 2.36. The molecule has 6 aromatic rings. The van der Waals surface area contributed by atoms with Gasteiger partial charge in [-0.1, -0.05) is 59.1 Å². The number of carboxylic acid groups (broad SMARTS) is 2. The standard InChI is InChI=1S/C12H12ClN3O4.C12H13ClN2O2.C9H8ClN/c1-5-6(4-8(14)12(17)18)10-9(16(19)20)3-2-7(13)11(10)15-5;1-6-8(5-10(14)12(16)17)7-3-2-4-9(13)11(7)15-6;1-6-5-7-3-2-4-8(10)9(7)11-6/h2-3,8,15H,4,14H2,1H3,(H,17,18);2-4,10,15H,5,14H2,1H3,(H,16,17);2-5,11H,1H3. The van der Waals surface area contributed by atoms with E-state index < -0.39 is 28.9 Å². The zero-order valence-corrected chi connectivity index (χ0v) is 28.3. The number of nitro benzene ring substituents is 1. The van der Waals surface area contributed by atoms with Crippen LogP contribution in [0.1, 0.15) is 28.2 Å². The van der Waals surface area contributed by atoms with Gasteiger partial charge in [0.25, 0.3) is 5.69 Å². The van der Waals surface area contributed by atoms with E-state index in [4.69, 9.17) is 56.5 Å². The van der Waals surface area contributed by atoms with Crippen LogP contribution in [0.3, 0.4) is 0 Å². The molecule has 0 fully saturated rings. The largest absolute Gasteiger partial charge is 0.480 e. The SMILES string of the molecule is Cc1[nH]c2c(Cl)ccc([N+](=O)[O-])c2c1CC(N)C(=O)O.Cc1[nH]c2c(Cl)cccc2c1CC(N)C(=O)O.Cc1cc2cccc(Cl)c2[nH]1. The maximum Gasteiger partial charge on any atom is 0.320 e. The van der Waals surface area contributed by atoms with E-state index in [1.807, 2.05) is 44.2 Å². The highest BCUT2D eigenvalue weighted by atomic mass is 35.5. The molecule has 3 heterocycles. The molecule has 0 saturated heterocycles. The first kappa shape index (κ1) is 36.2. The molecule has 12 nitrogen and oxygen atoms in total. The lowest BCUT2D eigenvalue weighted by atomic mass is 10.0. The number of hydrogen-bond acceptors (Lipinski definition) is 6. The Balaban J connectivity index is 0.000000169. The van der Waals surface area contributed by atoms with Gasteiger partial charge in [-0.15, -0.1) is 0 Å². The Kier molecular flexibility index (Phi) is 11.4. The van der Waals surface area contributed by atoms with E-state index in [9.17, 15) is 19.7 Å². The van der Waals surface area contributed by atoms with Crippen molar-refractivity contribution in [2.24, 2.45) is 11.5 Å². The number of nitrogens with two attached hydrogens (primary N) is 2. The van der Waals surface area contributed by atoms with Gasteiger partial charge in [0, 0.05) is 46.8 Å². The van der Waals surface area contributed by atoms with Crippen LogP contribution in [-0.2, 0) is 22.4 Å². The number of aliphatic carboxylic acids is 2. The van der Waals surface area contributed by atoms with Crippen LogP contribution in [0.15, 0.2) is 54.6 Å². The van der Waals surface area contributed by atoms with Crippen molar-refractivity contribution in [3.05, 3.63) is 108 Å². The van der Waals surface area contributed by atoms with Gasteiger partial charge in [0.1, 0.15) is 12.1 Å². The maximum absolute atomic E-state index is 11.1. The van der Waals surface area contributed by atoms with Crippen LogP contribution in [0.4, 0.5) is 5.69 Å². The van der Waals surface area contributed by atoms with Crippen molar-refractivity contribution in [1.29, 1.82) is 0 Å². The Hall–Kier alpha value is -4.59. The number of nitrogens with one attached hydrogen (secondary N) is 3. The molecule has 0 spiro atoms. The molecule has 15 heteroatoms. The number of halogens is 3. The lowest BCUT2D eigenvalue weighted by Crippen LogP contribution is -2.32. The molecular weight excluding hydrogens is 683 g/mol. The first-order chi connectivity index (χ1) is 22.6. The van der Waals surface area contributed by atoms with Gasteiger partial charge in [0.15, 0.2) is 0 Å². The lowest BCUT2D eigenvalue weighted by Gasteiger charge is -2.06. The summed E-state index contributed by atoms with van der Waals surface area (Å²) in [4.78, 5) is 41.5. The van der Waals surface area contributed by atoms with Gasteiger partial charge in [-0.05, 0) is 56.2 Å². The average Bonchev–Trinajstić information content (AvgIpc) is 3.67. The Morgan fingerprint density at radius 2 is 1.29 bits per heavy atom. The van der Waals surface area contributed by atoms with Gasteiger partial charge in [-0.2, -0.15) is 0 Å². The van der Waals surface area contributed by atoms with Crippen molar-refractivity contribution < 1.29 is 24.7 Å². The number of H-pyrrole nitrogens is 3. The summed E-state index contributed by atoms with van der Waals surface area (Å²) in [5.41, 5.74) is 17.3. The average molecular weight is 716 g/mol. The van der Waals surface area contributed by atoms with Crippen LogP contribution in [0.25, 0.3) is 32.7 Å². The Morgan fingerprint density at radius 3 is 1.88 bits per heavy atom. The number of aromatic amines is 3. The second-order valence-corrected chi connectivity index (χ2v) is 12.4. The molecule has 0 aliphatic rings. The zero-order chi connectivity index (χ0) is 35.4. The van der Waals surface area contributed by atoms with Crippen LogP contribution < -0.4 is 11.5 Å². The summed E-state index contributed by atoms with van der Waals surface area (Å²) in [7, 11) is 0. The number of hydrogen-bond donors (Lipinski definition) is 7. The number of fused-ring (bicyclic) bond motifs is 3. The summed E-state index contributed by atoms with van der Waals surface area (Å²) >= 11 is 18.0. The van der Waals surface area contributed by atoms with E-state index >= 15 is 0 Å². The fourth-order valence-electron chi connectivity index (χ4n) is 5.36. The van der Waals surface area contributed by atoms with Gasteiger partial charge in [0.05, 0.1) is 41.9 Å². The molecule has 0 bridgehead atoms. The summed E-state index contributed by atoms with van der Waals surface area (Å²) in [6, 6.07) is 14.2. The molecule has 0 aliphatic heterocycles. The van der Waals surface area contributed by atoms with Crippen molar-refractivity contribution in [1.82, 2.24) is 15.0 Å². The molecule has 3 aromatic carbocycles. The first-order valence-corrected chi connectivity index (χ1v) is 15.6. The van der Waals surface area contributed by atoms with Crippen LogP contribution >= 0.6 is 34.8 Å².